The highest BCUT2D eigenvalue weighted by molar-refractivity contribution is 5.79. The molecule has 2 N–H and O–H groups in total. The van der Waals surface area contributed by atoms with Crippen LogP contribution in [0.5, 0.6) is 0 Å². The van der Waals surface area contributed by atoms with Crippen molar-refractivity contribution in [2.75, 3.05) is 33.4 Å². The highest BCUT2D eigenvalue weighted by Gasteiger charge is 1.96. The lowest BCUT2D eigenvalue weighted by molar-refractivity contribution is 0.152. The van der Waals surface area contributed by atoms with Crippen LogP contribution in [0.1, 0.15) is 12.5 Å². The van der Waals surface area contributed by atoms with Gasteiger partial charge in [-0.1, -0.05) is 30.3 Å². The molecule has 0 amide bonds. The van der Waals surface area contributed by atoms with Crippen molar-refractivity contribution in [1.29, 1.82) is 0 Å². The van der Waals surface area contributed by atoms with Gasteiger partial charge < -0.3 is 15.4 Å². The number of aliphatic imine (C=N–C) groups is 1. The molecule has 0 bridgehead atoms. The van der Waals surface area contributed by atoms with E-state index in [1.165, 1.54) is 5.56 Å². The quantitative estimate of drug-likeness (QED) is 0.436. The van der Waals surface area contributed by atoms with Gasteiger partial charge in [0.25, 0.3) is 0 Å². The van der Waals surface area contributed by atoms with Crippen LogP contribution in [-0.2, 0) is 11.2 Å². The van der Waals surface area contributed by atoms with Crippen LogP contribution >= 0.6 is 0 Å². The smallest absolute Gasteiger partial charge is 0.191 e. The molecule has 0 saturated heterocycles. The van der Waals surface area contributed by atoms with Crippen molar-refractivity contribution in [3.63, 3.8) is 0 Å². The monoisotopic (exact) mass is 249 g/mol. The molecule has 0 saturated carbocycles. The zero-order valence-corrected chi connectivity index (χ0v) is 11.3. The number of nitrogens with one attached hydrogen (secondary N) is 2. The van der Waals surface area contributed by atoms with E-state index >= 15 is 0 Å². The fourth-order valence-corrected chi connectivity index (χ4v) is 1.58. The van der Waals surface area contributed by atoms with Crippen molar-refractivity contribution < 1.29 is 4.74 Å². The molecule has 1 aromatic rings. The summed E-state index contributed by atoms with van der Waals surface area (Å²) in [4.78, 5) is 4.16. The summed E-state index contributed by atoms with van der Waals surface area (Å²) < 4.78 is 5.26. The zero-order valence-electron chi connectivity index (χ0n) is 11.3. The first-order chi connectivity index (χ1) is 8.86. The van der Waals surface area contributed by atoms with Crippen molar-refractivity contribution in [3.05, 3.63) is 35.9 Å². The minimum Gasteiger partial charge on any atom is -0.380 e. The molecule has 4 heteroatoms. The van der Waals surface area contributed by atoms with E-state index in [9.17, 15) is 0 Å². The van der Waals surface area contributed by atoms with Gasteiger partial charge in [0, 0.05) is 26.7 Å². The van der Waals surface area contributed by atoms with E-state index in [0.29, 0.717) is 6.61 Å². The van der Waals surface area contributed by atoms with E-state index in [2.05, 4.69) is 39.9 Å². The first-order valence-electron chi connectivity index (χ1n) is 6.43. The maximum absolute atomic E-state index is 5.26. The van der Waals surface area contributed by atoms with Crippen molar-refractivity contribution in [1.82, 2.24) is 10.6 Å². The van der Waals surface area contributed by atoms with Crippen LogP contribution < -0.4 is 10.6 Å². The number of benzene rings is 1. The van der Waals surface area contributed by atoms with Crippen LogP contribution in [0.4, 0.5) is 0 Å². The molecule has 0 aliphatic heterocycles. The number of guanidine groups is 1. The molecule has 0 fully saturated rings. The van der Waals surface area contributed by atoms with Gasteiger partial charge >= 0.3 is 0 Å². The third kappa shape index (κ3) is 6.25. The van der Waals surface area contributed by atoms with Crippen LogP contribution in [0.25, 0.3) is 0 Å². The summed E-state index contributed by atoms with van der Waals surface area (Å²) in [5.41, 5.74) is 1.33. The molecule has 0 radical (unpaired) electrons. The Labute approximate surface area is 109 Å². The lowest BCUT2D eigenvalue weighted by atomic mass is 10.1. The lowest BCUT2D eigenvalue weighted by Gasteiger charge is -2.11. The number of nitrogens with zero attached hydrogens (tertiary/aromatic N) is 1. The van der Waals surface area contributed by atoms with E-state index in [-0.39, 0.29) is 0 Å². The SMILES string of the molecule is CCOCCNC(=NC)NCCc1ccccc1. The van der Waals surface area contributed by atoms with Gasteiger partial charge in [-0.3, -0.25) is 4.99 Å². The Morgan fingerprint density at radius 3 is 2.56 bits per heavy atom. The van der Waals surface area contributed by atoms with Gasteiger partial charge in [-0.25, -0.2) is 0 Å². The van der Waals surface area contributed by atoms with Gasteiger partial charge in [0.1, 0.15) is 0 Å². The number of ether oxygens (including phenoxy) is 1. The Morgan fingerprint density at radius 2 is 1.89 bits per heavy atom. The second-order valence-electron chi connectivity index (χ2n) is 3.86. The summed E-state index contributed by atoms with van der Waals surface area (Å²) in [6, 6.07) is 10.4. The molecule has 0 spiro atoms. The number of hydrogen-bond donors (Lipinski definition) is 2. The summed E-state index contributed by atoms with van der Waals surface area (Å²) in [5, 5.41) is 6.48. The second kappa shape index (κ2) is 9.48. The first-order valence-corrected chi connectivity index (χ1v) is 6.43. The van der Waals surface area contributed by atoms with E-state index in [1.807, 2.05) is 13.0 Å². The largest absolute Gasteiger partial charge is 0.380 e. The summed E-state index contributed by atoms with van der Waals surface area (Å²) in [5.74, 6) is 0.825. The van der Waals surface area contributed by atoms with Crippen molar-refractivity contribution in [2.24, 2.45) is 4.99 Å². The number of rotatable bonds is 7. The fraction of sp³-hybridized carbons (Fsp3) is 0.500. The van der Waals surface area contributed by atoms with Crippen LogP contribution in [0.15, 0.2) is 35.3 Å². The highest BCUT2D eigenvalue weighted by Crippen LogP contribution is 1.97. The lowest BCUT2D eigenvalue weighted by Crippen LogP contribution is -2.39. The summed E-state index contributed by atoms with van der Waals surface area (Å²) in [7, 11) is 1.78. The molecule has 0 atom stereocenters. The molecule has 1 aromatic carbocycles. The number of hydrogen-bond acceptors (Lipinski definition) is 2. The van der Waals surface area contributed by atoms with Crippen LogP contribution in [-0.4, -0.2) is 39.3 Å². The third-order valence-corrected chi connectivity index (χ3v) is 2.52. The molecule has 0 aliphatic carbocycles. The molecule has 1 rings (SSSR count). The van der Waals surface area contributed by atoms with E-state index in [4.69, 9.17) is 4.74 Å². The predicted octanol–water partition coefficient (Wildman–Crippen LogP) is 1.43. The van der Waals surface area contributed by atoms with Gasteiger partial charge in [-0.05, 0) is 18.9 Å². The maximum atomic E-state index is 5.26. The molecule has 4 nitrogen and oxygen atoms in total. The van der Waals surface area contributed by atoms with E-state index in [0.717, 1.165) is 32.1 Å². The van der Waals surface area contributed by atoms with E-state index < -0.39 is 0 Å². The third-order valence-electron chi connectivity index (χ3n) is 2.52. The zero-order chi connectivity index (χ0) is 13.1. The van der Waals surface area contributed by atoms with Gasteiger partial charge in [-0.2, -0.15) is 0 Å². The molecular formula is C14H23N3O. The van der Waals surface area contributed by atoms with Crippen molar-refractivity contribution in [3.8, 4) is 0 Å². The average molecular weight is 249 g/mol. The Balaban J connectivity index is 2.16. The van der Waals surface area contributed by atoms with Gasteiger partial charge in [0.05, 0.1) is 6.61 Å². The van der Waals surface area contributed by atoms with E-state index in [1.54, 1.807) is 7.05 Å². The Hall–Kier alpha value is -1.55. The standard InChI is InChI=1S/C14H23N3O/c1-3-18-12-11-17-14(15-2)16-10-9-13-7-5-4-6-8-13/h4-8H,3,9-12H2,1-2H3,(H2,15,16,17). The normalized spacial score (nSPS) is 11.3. The maximum Gasteiger partial charge on any atom is 0.191 e. The Bertz CT molecular complexity index is 338. The van der Waals surface area contributed by atoms with Crippen molar-refractivity contribution >= 4 is 5.96 Å². The molecule has 100 valence electrons. The van der Waals surface area contributed by atoms with Crippen LogP contribution in [0.2, 0.25) is 0 Å². The molecule has 0 unspecified atom stereocenters. The molecule has 0 aliphatic rings. The fourth-order valence-electron chi connectivity index (χ4n) is 1.58. The Kier molecular flexibility index (Phi) is 7.64. The highest BCUT2D eigenvalue weighted by atomic mass is 16.5. The second-order valence-corrected chi connectivity index (χ2v) is 3.86. The minimum atomic E-state index is 0.704. The first kappa shape index (κ1) is 14.5. The van der Waals surface area contributed by atoms with Crippen molar-refractivity contribution in [2.45, 2.75) is 13.3 Å². The van der Waals surface area contributed by atoms with Gasteiger partial charge in [-0.15, -0.1) is 0 Å². The van der Waals surface area contributed by atoms with Gasteiger partial charge in [0.15, 0.2) is 5.96 Å². The summed E-state index contributed by atoms with van der Waals surface area (Å²) >= 11 is 0. The average Bonchev–Trinajstić information content (AvgIpc) is 2.42. The molecule has 0 heterocycles. The Morgan fingerprint density at radius 1 is 1.17 bits per heavy atom. The van der Waals surface area contributed by atoms with Crippen LogP contribution in [0, 0.1) is 0 Å². The molecular weight excluding hydrogens is 226 g/mol. The summed E-state index contributed by atoms with van der Waals surface area (Å²) in [6.07, 6.45) is 0.993. The summed E-state index contributed by atoms with van der Waals surface area (Å²) in [6.45, 7) is 5.10. The minimum absolute atomic E-state index is 0.704. The van der Waals surface area contributed by atoms with Crippen LogP contribution in [0.3, 0.4) is 0 Å². The molecule has 18 heavy (non-hydrogen) atoms. The molecule has 0 aromatic heterocycles. The topological polar surface area (TPSA) is 45.6 Å². The van der Waals surface area contributed by atoms with Gasteiger partial charge in [0.2, 0.25) is 0 Å². The predicted molar refractivity (Wildman–Crippen MR) is 76.0 cm³/mol.